The summed E-state index contributed by atoms with van der Waals surface area (Å²) in [4.78, 5) is 17.0. The highest BCUT2D eigenvalue weighted by Crippen LogP contribution is 2.27. The highest BCUT2D eigenvalue weighted by Gasteiger charge is 2.28. The lowest BCUT2D eigenvalue weighted by Crippen LogP contribution is -2.26. The SMILES string of the molecule is Cc1ccc(CN(C)C(=O)c2cn(C)nc2[C@@H]2CCOC2)s1. The van der Waals surface area contributed by atoms with Gasteiger partial charge in [0.05, 0.1) is 24.4 Å². The van der Waals surface area contributed by atoms with Crippen LogP contribution in [0.5, 0.6) is 0 Å². The lowest BCUT2D eigenvalue weighted by Gasteiger charge is -2.17. The van der Waals surface area contributed by atoms with Gasteiger partial charge in [0.1, 0.15) is 0 Å². The molecule has 2 aromatic heterocycles. The highest BCUT2D eigenvalue weighted by molar-refractivity contribution is 7.11. The fraction of sp³-hybridized carbons (Fsp3) is 0.500. The maximum Gasteiger partial charge on any atom is 0.257 e. The Kier molecular flexibility index (Phi) is 4.31. The molecule has 6 heteroatoms. The molecule has 118 valence electrons. The number of carbonyl (C=O) groups is 1. The molecule has 2 aromatic rings. The number of aromatic nitrogens is 2. The first kappa shape index (κ1) is 15.2. The van der Waals surface area contributed by atoms with E-state index in [0.717, 1.165) is 18.7 Å². The molecule has 0 bridgehead atoms. The first-order valence-electron chi connectivity index (χ1n) is 7.46. The molecule has 0 aliphatic carbocycles. The van der Waals surface area contributed by atoms with Crippen molar-refractivity contribution in [2.75, 3.05) is 20.3 Å². The van der Waals surface area contributed by atoms with Crippen LogP contribution in [0.2, 0.25) is 0 Å². The predicted molar refractivity (Wildman–Crippen MR) is 86.2 cm³/mol. The Labute approximate surface area is 134 Å². The fourth-order valence-corrected chi connectivity index (χ4v) is 3.75. The van der Waals surface area contributed by atoms with Gasteiger partial charge in [-0.05, 0) is 25.5 Å². The molecular formula is C16H21N3O2S. The van der Waals surface area contributed by atoms with Crippen LogP contribution in [0.4, 0.5) is 0 Å². The molecule has 1 amide bonds. The molecule has 3 rings (SSSR count). The van der Waals surface area contributed by atoms with E-state index in [9.17, 15) is 4.79 Å². The van der Waals surface area contributed by atoms with Crippen molar-refractivity contribution in [3.63, 3.8) is 0 Å². The Hall–Kier alpha value is -1.66. The van der Waals surface area contributed by atoms with Gasteiger partial charge in [-0.25, -0.2) is 0 Å². The summed E-state index contributed by atoms with van der Waals surface area (Å²) in [6.45, 7) is 4.12. The molecule has 0 saturated carbocycles. The van der Waals surface area contributed by atoms with Gasteiger partial charge in [0, 0.05) is 42.6 Å². The maximum absolute atomic E-state index is 12.8. The molecular weight excluding hydrogens is 298 g/mol. The summed E-state index contributed by atoms with van der Waals surface area (Å²) >= 11 is 1.73. The maximum atomic E-state index is 12.8. The third-order valence-corrected chi connectivity index (χ3v) is 4.93. The molecule has 0 unspecified atom stereocenters. The van der Waals surface area contributed by atoms with Crippen LogP contribution in [0, 0.1) is 6.92 Å². The summed E-state index contributed by atoms with van der Waals surface area (Å²) < 4.78 is 7.17. The minimum absolute atomic E-state index is 0.0288. The van der Waals surface area contributed by atoms with Crippen molar-refractivity contribution in [1.82, 2.24) is 14.7 Å². The fourth-order valence-electron chi connectivity index (χ4n) is 2.80. The monoisotopic (exact) mass is 319 g/mol. The summed E-state index contributed by atoms with van der Waals surface area (Å²) in [5.74, 6) is 0.263. The number of hydrogen-bond acceptors (Lipinski definition) is 4. The minimum Gasteiger partial charge on any atom is -0.381 e. The third kappa shape index (κ3) is 3.08. The molecule has 1 aliphatic heterocycles. The Morgan fingerprint density at radius 1 is 1.55 bits per heavy atom. The molecule has 1 fully saturated rings. The summed E-state index contributed by atoms with van der Waals surface area (Å²) in [6.07, 6.45) is 2.76. The lowest BCUT2D eigenvalue weighted by atomic mass is 10.0. The Balaban J connectivity index is 1.79. The van der Waals surface area contributed by atoms with E-state index in [1.165, 1.54) is 9.75 Å². The number of ether oxygens (including phenoxy) is 1. The van der Waals surface area contributed by atoms with Crippen LogP contribution in [0.25, 0.3) is 0 Å². The van der Waals surface area contributed by atoms with Gasteiger partial charge in [-0.3, -0.25) is 9.48 Å². The second kappa shape index (κ2) is 6.22. The largest absolute Gasteiger partial charge is 0.381 e. The van der Waals surface area contributed by atoms with E-state index < -0.39 is 0 Å². The molecule has 1 atom stereocenters. The number of amides is 1. The zero-order valence-corrected chi connectivity index (χ0v) is 14.0. The second-order valence-electron chi connectivity index (χ2n) is 5.84. The molecule has 0 radical (unpaired) electrons. The van der Waals surface area contributed by atoms with E-state index >= 15 is 0 Å². The molecule has 0 spiro atoms. The van der Waals surface area contributed by atoms with E-state index in [0.29, 0.717) is 18.7 Å². The van der Waals surface area contributed by atoms with E-state index in [1.807, 2.05) is 20.3 Å². The van der Waals surface area contributed by atoms with E-state index in [1.54, 1.807) is 20.9 Å². The number of thiophene rings is 1. The van der Waals surface area contributed by atoms with Crippen LogP contribution >= 0.6 is 11.3 Å². The predicted octanol–water partition coefficient (Wildman–Crippen LogP) is 2.57. The summed E-state index contributed by atoms with van der Waals surface area (Å²) in [7, 11) is 3.71. The summed E-state index contributed by atoms with van der Waals surface area (Å²) in [6, 6.07) is 4.17. The molecule has 5 nitrogen and oxygen atoms in total. The van der Waals surface area contributed by atoms with Crippen molar-refractivity contribution in [3.8, 4) is 0 Å². The Bertz CT molecular complexity index is 671. The zero-order valence-electron chi connectivity index (χ0n) is 13.2. The van der Waals surface area contributed by atoms with Gasteiger partial charge in [-0.2, -0.15) is 5.10 Å². The molecule has 0 N–H and O–H groups in total. The van der Waals surface area contributed by atoms with E-state index in [2.05, 4.69) is 24.2 Å². The third-order valence-electron chi connectivity index (χ3n) is 3.94. The highest BCUT2D eigenvalue weighted by atomic mass is 32.1. The van der Waals surface area contributed by atoms with Gasteiger partial charge in [0.15, 0.2) is 0 Å². The van der Waals surface area contributed by atoms with Gasteiger partial charge in [0.2, 0.25) is 0 Å². The van der Waals surface area contributed by atoms with Gasteiger partial charge in [0.25, 0.3) is 5.91 Å². The quantitative estimate of drug-likeness (QED) is 0.870. The van der Waals surface area contributed by atoms with Crippen LogP contribution in [0.3, 0.4) is 0 Å². The number of hydrogen-bond donors (Lipinski definition) is 0. The number of carbonyl (C=O) groups excluding carboxylic acids is 1. The zero-order chi connectivity index (χ0) is 15.7. The van der Waals surface area contributed by atoms with Crippen LogP contribution in [-0.2, 0) is 18.3 Å². The summed E-state index contributed by atoms with van der Waals surface area (Å²) in [5.41, 5.74) is 1.58. The standard InChI is InChI=1S/C16H21N3O2S/c1-11-4-5-13(22-11)8-18(2)16(20)14-9-19(3)17-15(14)12-6-7-21-10-12/h4-5,9,12H,6-8,10H2,1-3H3/t12-/m1/s1. The van der Waals surface area contributed by atoms with Gasteiger partial charge in [-0.15, -0.1) is 11.3 Å². The van der Waals surface area contributed by atoms with Crippen molar-refractivity contribution >= 4 is 17.2 Å². The normalized spacial score (nSPS) is 17.9. The number of nitrogens with zero attached hydrogens (tertiary/aromatic N) is 3. The molecule has 22 heavy (non-hydrogen) atoms. The van der Waals surface area contributed by atoms with Gasteiger partial charge in [-0.1, -0.05) is 0 Å². The first-order chi connectivity index (χ1) is 10.5. The van der Waals surface area contributed by atoms with Crippen molar-refractivity contribution in [2.45, 2.75) is 25.8 Å². The van der Waals surface area contributed by atoms with Gasteiger partial charge < -0.3 is 9.64 Å². The van der Waals surface area contributed by atoms with Gasteiger partial charge >= 0.3 is 0 Å². The molecule has 3 heterocycles. The average molecular weight is 319 g/mol. The van der Waals surface area contributed by atoms with Crippen LogP contribution in [-0.4, -0.2) is 40.8 Å². The number of rotatable bonds is 4. The number of aryl methyl sites for hydroxylation is 2. The minimum atomic E-state index is 0.0288. The van der Waals surface area contributed by atoms with Crippen molar-refractivity contribution < 1.29 is 9.53 Å². The summed E-state index contributed by atoms with van der Waals surface area (Å²) in [5, 5.41) is 4.50. The Morgan fingerprint density at radius 2 is 2.36 bits per heavy atom. The van der Waals surface area contributed by atoms with Crippen molar-refractivity contribution in [3.05, 3.63) is 39.3 Å². The average Bonchev–Trinajstić information content (AvgIpc) is 3.18. The van der Waals surface area contributed by atoms with E-state index in [-0.39, 0.29) is 11.8 Å². The van der Waals surface area contributed by atoms with E-state index in [4.69, 9.17) is 4.74 Å². The van der Waals surface area contributed by atoms with Crippen molar-refractivity contribution in [1.29, 1.82) is 0 Å². The van der Waals surface area contributed by atoms with Crippen LogP contribution < -0.4 is 0 Å². The van der Waals surface area contributed by atoms with Crippen LogP contribution in [0.15, 0.2) is 18.3 Å². The van der Waals surface area contributed by atoms with Crippen LogP contribution in [0.1, 0.15) is 38.1 Å². The molecule has 1 aliphatic rings. The second-order valence-corrected chi connectivity index (χ2v) is 7.21. The first-order valence-corrected chi connectivity index (χ1v) is 8.28. The molecule has 0 aromatic carbocycles. The topological polar surface area (TPSA) is 47.4 Å². The van der Waals surface area contributed by atoms with Crippen molar-refractivity contribution in [2.24, 2.45) is 7.05 Å². The smallest absolute Gasteiger partial charge is 0.257 e. The lowest BCUT2D eigenvalue weighted by molar-refractivity contribution is 0.0784. The molecule has 1 saturated heterocycles. The Morgan fingerprint density at radius 3 is 3.00 bits per heavy atom.